The number of hydrogen-bond donors (Lipinski definition) is 1. The van der Waals surface area contributed by atoms with Gasteiger partial charge < -0.3 is 15.0 Å². The number of carbonyl (C=O) groups is 1. The molecule has 3 heterocycles. The van der Waals surface area contributed by atoms with Crippen LogP contribution >= 0.6 is 0 Å². The van der Waals surface area contributed by atoms with Gasteiger partial charge in [0.2, 0.25) is 5.95 Å². The van der Waals surface area contributed by atoms with E-state index in [-0.39, 0.29) is 18.4 Å². The maximum absolute atomic E-state index is 12.4. The van der Waals surface area contributed by atoms with E-state index in [0.717, 1.165) is 18.5 Å². The first-order valence-electron chi connectivity index (χ1n) is 9.59. The van der Waals surface area contributed by atoms with Crippen LogP contribution in [0, 0.1) is 0 Å². The molecule has 1 N–H and O–H groups in total. The zero-order valence-corrected chi connectivity index (χ0v) is 15.9. The van der Waals surface area contributed by atoms with E-state index < -0.39 is 0 Å². The largest absolute Gasteiger partial charge is 0.484 e. The van der Waals surface area contributed by atoms with Gasteiger partial charge in [-0.1, -0.05) is 18.2 Å². The molecule has 8 heteroatoms. The van der Waals surface area contributed by atoms with Crippen molar-refractivity contribution < 1.29 is 9.53 Å². The fraction of sp³-hybridized carbons (Fsp3) is 0.286. The standard InChI is InChI=1S/C21H22N6O2/c28-20(15-29-17-5-2-1-3-6-17)27-11-7-16(8-12-27)18-13-22-14-19(25-18)26-21-23-9-4-10-24-21/h1-6,9-10,13-14,16H,7-8,11-12,15H2,(H,23,24,25,26). The summed E-state index contributed by atoms with van der Waals surface area (Å²) < 4.78 is 5.57. The SMILES string of the molecule is O=C(COc1ccccc1)N1CCC(c2cncc(Nc3ncccn3)n2)CC1. The Morgan fingerprint density at radius 1 is 1.07 bits per heavy atom. The monoisotopic (exact) mass is 390 g/mol. The summed E-state index contributed by atoms with van der Waals surface area (Å²) in [6.07, 6.45) is 8.47. The zero-order chi connectivity index (χ0) is 19.9. The Bertz CT molecular complexity index is 930. The molecule has 0 radical (unpaired) electrons. The van der Waals surface area contributed by atoms with Crippen molar-refractivity contribution in [2.24, 2.45) is 0 Å². The lowest BCUT2D eigenvalue weighted by atomic mass is 9.94. The summed E-state index contributed by atoms with van der Waals surface area (Å²) in [5.74, 6) is 2.08. The van der Waals surface area contributed by atoms with Crippen molar-refractivity contribution >= 4 is 17.7 Å². The molecular formula is C21H22N6O2. The number of amides is 1. The molecule has 0 bridgehead atoms. The number of nitrogens with zero attached hydrogens (tertiary/aromatic N) is 5. The minimum Gasteiger partial charge on any atom is -0.484 e. The molecule has 1 aromatic carbocycles. The fourth-order valence-corrected chi connectivity index (χ4v) is 3.29. The van der Waals surface area contributed by atoms with Gasteiger partial charge in [-0.3, -0.25) is 9.78 Å². The maximum Gasteiger partial charge on any atom is 0.260 e. The summed E-state index contributed by atoms with van der Waals surface area (Å²) in [5.41, 5.74) is 0.915. The van der Waals surface area contributed by atoms with Crippen LogP contribution in [0.3, 0.4) is 0 Å². The molecule has 0 aliphatic carbocycles. The van der Waals surface area contributed by atoms with E-state index in [1.807, 2.05) is 35.2 Å². The van der Waals surface area contributed by atoms with Crippen LogP contribution in [0.5, 0.6) is 5.75 Å². The van der Waals surface area contributed by atoms with Crippen LogP contribution in [0.25, 0.3) is 0 Å². The lowest BCUT2D eigenvalue weighted by molar-refractivity contribution is -0.134. The Balaban J connectivity index is 1.30. The molecule has 4 rings (SSSR count). The number of para-hydroxylation sites is 1. The maximum atomic E-state index is 12.4. The fourth-order valence-electron chi connectivity index (χ4n) is 3.29. The highest BCUT2D eigenvalue weighted by atomic mass is 16.5. The number of anilines is 2. The second-order valence-corrected chi connectivity index (χ2v) is 6.78. The zero-order valence-electron chi connectivity index (χ0n) is 15.9. The Labute approximate surface area is 169 Å². The van der Waals surface area contributed by atoms with E-state index in [4.69, 9.17) is 4.74 Å². The van der Waals surface area contributed by atoms with E-state index in [2.05, 4.69) is 25.3 Å². The van der Waals surface area contributed by atoms with Crippen LogP contribution < -0.4 is 10.1 Å². The highest BCUT2D eigenvalue weighted by molar-refractivity contribution is 5.77. The predicted octanol–water partition coefficient (Wildman–Crippen LogP) is 2.80. The van der Waals surface area contributed by atoms with Crippen molar-refractivity contribution in [1.29, 1.82) is 0 Å². The van der Waals surface area contributed by atoms with Gasteiger partial charge in [0.05, 0.1) is 11.9 Å². The third-order valence-electron chi connectivity index (χ3n) is 4.83. The molecule has 3 aromatic rings. The van der Waals surface area contributed by atoms with Gasteiger partial charge in [0.1, 0.15) is 5.75 Å². The van der Waals surface area contributed by atoms with Gasteiger partial charge in [-0.2, -0.15) is 0 Å². The number of nitrogens with one attached hydrogen (secondary N) is 1. The first-order valence-corrected chi connectivity index (χ1v) is 9.59. The molecular weight excluding hydrogens is 368 g/mol. The minimum absolute atomic E-state index is 0.00929. The van der Waals surface area contributed by atoms with Crippen LogP contribution in [-0.2, 0) is 4.79 Å². The number of aromatic nitrogens is 4. The number of hydrogen-bond acceptors (Lipinski definition) is 7. The number of piperidine rings is 1. The predicted molar refractivity (Wildman–Crippen MR) is 108 cm³/mol. The van der Waals surface area contributed by atoms with Gasteiger partial charge in [-0.05, 0) is 31.0 Å². The smallest absolute Gasteiger partial charge is 0.260 e. The van der Waals surface area contributed by atoms with Gasteiger partial charge in [0.25, 0.3) is 5.91 Å². The average Bonchev–Trinajstić information content (AvgIpc) is 2.79. The van der Waals surface area contributed by atoms with Gasteiger partial charge >= 0.3 is 0 Å². The Morgan fingerprint density at radius 3 is 2.59 bits per heavy atom. The van der Waals surface area contributed by atoms with E-state index >= 15 is 0 Å². The van der Waals surface area contributed by atoms with Gasteiger partial charge in [-0.15, -0.1) is 0 Å². The van der Waals surface area contributed by atoms with Crippen LogP contribution in [0.4, 0.5) is 11.8 Å². The second-order valence-electron chi connectivity index (χ2n) is 6.78. The van der Waals surface area contributed by atoms with Crippen LogP contribution in [0.2, 0.25) is 0 Å². The van der Waals surface area contributed by atoms with E-state index in [0.29, 0.717) is 30.6 Å². The molecule has 8 nitrogen and oxygen atoms in total. The Hall–Kier alpha value is -3.55. The third kappa shape index (κ3) is 5.04. The summed E-state index contributed by atoms with van der Waals surface area (Å²) in [4.78, 5) is 31.5. The van der Waals surface area contributed by atoms with Gasteiger partial charge in [0, 0.05) is 37.6 Å². The Kier molecular flexibility index (Phi) is 5.89. The quantitative estimate of drug-likeness (QED) is 0.692. The van der Waals surface area contributed by atoms with Crippen molar-refractivity contribution in [2.45, 2.75) is 18.8 Å². The lowest BCUT2D eigenvalue weighted by Crippen LogP contribution is -2.40. The number of carbonyl (C=O) groups excluding carboxylic acids is 1. The van der Waals surface area contributed by atoms with Crippen LogP contribution in [-0.4, -0.2) is 50.4 Å². The molecule has 1 amide bonds. The molecule has 1 aliphatic rings. The summed E-state index contributed by atoms with van der Waals surface area (Å²) in [6, 6.07) is 11.1. The molecule has 148 valence electrons. The van der Waals surface area contributed by atoms with Gasteiger partial charge in [-0.25, -0.2) is 15.0 Å². The van der Waals surface area contributed by atoms with Crippen LogP contribution in [0.1, 0.15) is 24.5 Å². The third-order valence-corrected chi connectivity index (χ3v) is 4.83. The molecule has 1 saturated heterocycles. The highest BCUT2D eigenvalue weighted by Gasteiger charge is 2.25. The first kappa shape index (κ1) is 18.8. The number of ether oxygens (including phenoxy) is 1. The van der Waals surface area contributed by atoms with Crippen molar-refractivity contribution in [3.8, 4) is 5.75 Å². The number of benzene rings is 1. The molecule has 0 unspecified atom stereocenters. The van der Waals surface area contributed by atoms with Crippen molar-refractivity contribution in [3.05, 3.63) is 66.9 Å². The van der Waals surface area contributed by atoms with Crippen molar-refractivity contribution in [2.75, 3.05) is 25.0 Å². The van der Waals surface area contributed by atoms with Crippen molar-refractivity contribution in [1.82, 2.24) is 24.8 Å². The second kappa shape index (κ2) is 9.09. The summed E-state index contributed by atoms with van der Waals surface area (Å²) in [5, 5.41) is 3.07. The molecule has 1 aliphatic heterocycles. The topological polar surface area (TPSA) is 93.1 Å². The molecule has 0 saturated carbocycles. The summed E-state index contributed by atoms with van der Waals surface area (Å²) in [6.45, 7) is 1.43. The molecule has 2 aromatic heterocycles. The summed E-state index contributed by atoms with van der Waals surface area (Å²) in [7, 11) is 0. The average molecular weight is 390 g/mol. The molecule has 0 atom stereocenters. The van der Waals surface area contributed by atoms with Crippen molar-refractivity contribution in [3.63, 3.8) is 0 Å². The molecule has 29 heavy (non-hydrogen) atoms. The first-order chi connectivity index (χ1) is 14.3. The highest BCUT2D eigenvalue weighted by Crippen LogP contribution is 2.27. The number of rotatable bonds is 6. The van der Waals surface area contributed by atoms with E-state index in [1.54, 1.807) is 30.9 Å². The normalized spacial score (nSPS) is 14.4. The van der Waals surface area contributed by atoms with Crippen LogP contribution in [0.15, 0.2) is 61.2 Å². The summed E-state index contributed by atoms with van der Waals surface area (Å²) >= 11 is 0. The number of likely N-dealkylation sites (tertiary alicyclic amines) is 1. The molecule has 1 fully saturated rings. The van der Waals surface area contributed by atoms with E-state index in [1.165, 1.54) is 0 Å². The van der Waals surface area contributed by atoms with E-state index in [9.17, 15) is 4.79 Å². The van der Waals surface area contributed by atoms with Gasteiger partial charge in [0.15, 0.2) is 12.4 Å². The Morgan fingerprint density at radius 2 is 1.83 bits per heavy atom. The minimum atomic E-state index is 0.00929. The molecule has 0 spiro atoms. The lowest BCUT2D eigenvalue weighted by Gasteiger charge is -2.31.